The van der Waals surface area contributed by atoms with Crippen LogP contribution in [-0.2, 0) is 9.53 Å². The number of allylic oxidation sites excluding steroid dienone is 1. The fourth-order valence-electron chi connectivity index (χ4n) is 8.02. The second-order valence-electron chi connectivity index (χ2n) is 20.9. The number of carbonyl (C=O) groups excluding carboxylic acids is 1. The van der Waals surface area contributed by atoms with Crippen LogP contribution in [0.3, 0.4) is 0 Å². The molecule has 580 valence electrons. The summed E-state index contributed by atoms with van der Waals surface area (Å²) in [7, 11) is 0. The van der Waals surface area contributed by atoms with Gasteiger partial charge in [-0.25, -0.2) is 0 Å². The van der Waals surface area contributed by atoms with Crippen molar-refractivity contribution in [3.8, 4) is 0 Å². The molecule has 53 heteroatoms. The molecule has 0 atom stereocenters. The first-order valence-electron chi connectivity index (χ1n) is 24.7. The van der Waals surface area contributed by atoms with E-state index in [2.05, 4.69) is 4.74 Å². The van der Waals surface area contributed by atoms with Gasteiger partial charge in [0.1, 0.15) is 6.61 Å². The van der Waals surface area contributed by atoms with Crippen LogP contribution in [0.2, 0.25) is 0 Å². The number of carbonyl (C=O) groups is 1. The van der Waals surface area contributed by atoms with Crippen molar-refractivity contribution in [2.75, 3.05) is 6.61 Å². The summed E-state index contributed by atoms with van der Waals surface area (Å²) in [5, 5.41) is 0. The van der Waals surface area contributed by atoms with Crippen molar-refractivity contribution >= 4 is 5.97 Å². The van der Waals surface area contributed by atoms with Crippen LogP contribution in [0.4, 0.5) is 224 Å². The van der Waals surface area contributed by atoms with E-state index in [1.807, 2.05) is 0 Å². The lowest BCUT2D eigenvalue weighted by Crippen LogP contribution is -2.74. The molecule has 0 fully saturated rings. The van der Waals surface area contributed by atoms with E-state index in [0.717, 1.165) is 0 Å². The van der Waals surface area contributed by atoms with E-state index in [1.54, 1.807) is 0 Å². The van der Waals surface area contributed by atoms with Gasteiger partial charge in [-0.1, -0.05) is 37.8 Å². The van der Waals surface area contributed by atoms with Crippen LogP contribution in [0.25, 0.3) is 0 Å². The molecule has 0 N–H and O–H groups in total. The zero-order valence-electron chi connectivity index (χ0n) is 45.9. The molecule has 0 saturated carbocycles. The number of hydrogen-bond acceptors (Lipinski definition) is 2. The molecule has 0 radical (unpaired) electrons. The summed E-state index contributed by atoms with van der Waals surface area (Å²) in [5.74, 6) is -185. The first-order chi connectivity index (χ1) is 41.8. The van der Waals surface area contributed by atoms with Gasteiger partial charge in [-0.05, 0) is 50.4 Å². The Morgan fingerprint density at radius 2 is 0.423 bits per heavy atom. The standard InChI is InChI=1S/C44H35F51O2/c1-19(96)97-18-10-4-7-13-20(16-17-23(49,50)26(55,56)29(61,62)32(67,68)35(73,74)38(79,80)41(85,86)44(93,94)95,11-5-2-8-14-21(45,46)24(51,52)27(57,58)30(63,64)33(69,70)36(75,76)39(81,82)42(87,88)89)12-6-3-9-15-22(47,48)25(53,54)28(59,60)31(65,66)34(71,72)37(77,78)40(83,84)43(90,91)92/h4,10H,2-3,5-9,11-18H2,1H3/b10-4+. The summed E-state index contributed by atoms with van der Waals surface area (Å²) in [5.41, 5.74) is -3.26. The van der Waals surface area contributed by atoms with Gasteiger partial charge in [-0.3, -0.25) is 4.79 Å². The van der Waals surface area contributed by atoms with Gasteiger partial charge in [0.25, 0.3) is 0 Å². The predicted octanol–water partition coefficient (Wildman–Crippen LogP) is 22.6. The Labute approximate surface area is 503 Å². The molecule has 0 bridgehead atoms. The van der Waals surface area contributed by atoms with E-state index in [1.165, 1.54) is 0 Å². The zero-order chi connectivity index (χ0) is 78.8. The third-order valence-electron chi connectivity index (χ3n) is 14.1. The molecule has 0 heterocycles. The molecule has 0 saturated heterocycles. The summed E-state index contributed by atoms with van der Waals surface area (Å²) in [6.45, 7) is -0.436. The van der Waals surface area contributed by atoms with E-state index in [9.17, 15) is 211 Å². The normalized spacial score (nSPS) is 16.5. The van der Waals surface area contributed by atoms with Crippen molar-refractivity contribution in [3.63, 3.8) is 0 Å². The molecule has 0 spiro atoms. The minimum Gasteiger partial charge on any atom is -0.462 e. The monoisotopic (exact) mass is 1560 g/mol. The Bertz CT molecular complexity index is 2520. The second kappa shape index (κ2) is 27.1. The van der Waals surface area contributed by atoms with Crippen molar-refractivity contribution in [1.82, 2.24) is 0 Å². The highest BCUT2D eigenvalue weighted by molar-refractivity contribution is 5.66. The number of unbranched alkanes of at least 4 members (excludes halogenated alkanes) is 4. The predicted molar refractivity (Wildman–Crippen MR) is 215 cm³/mol. The molecule has 0 amide bonds. The highest BCUT2D eigenvalue weighted by Gasteiger charge is 2.98. The first-order valence-corrected chi connectivity index (χ1v) is 24.7. The molecule has 0 aliphatic carbocycles. The Hall–Kier alpha value is -4.36. The van der Waals surface area contributed by atoms with Crippen LogP contribution in [0.15, 0.2) is 12.2 Å². The number of halogens is 51. The van der Waals surface area contributed by atoms with Gasteiger partial charge in [0, 0.05) is 26.2 Å². The van der Waals surface area contributed by atoms with Crippen molar-refractivity contribution in [2.45, 2.75) is 240 Å². The summed E-state index contributed by atoms with van der Waals surface area (Å²) in [4.78, 5) is 11.1. The van der Waals surface area contributed by atoms with Crippen LogP contribution < -0.4 is 0 Å². The first kappa shape index (κ1) is 92.6. The van der Waals surface area contributed by atoms with Crippen molar-refractivity contribution in [2.24, 2.45) is 5.41 Å². The van der Waals surface area contributed by atoms with Crippen molar-refractivity contribution in [1.29, 1.82) is 0 Å². The molecule has 2 nitrogen and oxygen atoms in total. The van der Waals surface area contributed by atoms with Crippen LogP contribution in [0.1, 0.15) is 96.8 Å². The van der Waals surface area contributed by atoms with Gasteiger partial charge in [0.15, 0.2) is 0 Å². The van der Waals surface area contributed by atoms with Gasteiger partial charge in [0.2, 0.25) is 0 Å². The zero-order valence-corrected chi connectivity index (χ0v) is 45.9. The van der Waals surface area contributed by atoms with E-state index in [0.29, 0.717) is 19.1 Å². The fourth-order valence-corrected chi connectivity index (χ4v) is 8.02. The van der Waals surface area contributed by atoms with Crippen molar-refractivity contribution in [3.05, 3.63) is 12.2 Å². The summed E-state index contributed by atoms with van der Waals surface area (Å²) >= 11 is 0. The van der Waals surface area contributed by atoms with Gasteiger partial charge < -0.3 is 4.74 Å². The number of rotatable bonds is 38. The largest absolute Gasteiger partial charge is 0.462 e. The molecular weight excluding hydrogens is 1530 g/mol. The minimum atomic E-state index is -9.34. The number of hydrogen-bond donors (Lipinski definition) is 0. The summed E-state index contributed by atoms with van der Waals surface area (Å²) in [6.07, 6.45) is -55.0. The van der Waals surface area contributed by atoms with E-state index >= 15 is 17.6 Å². The highest BCUT2D eigenvalue weighted by Crippen LogP contribution is 2.69. The number of alkyl halides is 51. The fraction of sp³-hybridized carbons (Fsp3) is 0.932. The van der Waals surface area contributed by atoms with E-state index in [-0.39, 0.29) is 0 Å². The minimum absolute atomic E-state index is 0.475. The Kier molecular flexibility index (Phi) is 25.9. The van der Waals surface area contributed by atoms with Gasteiger partial charge in [0.05, 0.1) is 0 Å². The SMILES string of the molecule is CC(=O)OC/C=C/CCC(CCCCCC(F)(F)C(F)(F)C(F)(F)C(F)(F)C(F)(F)C(F)(F)C(F)(F)C(F)(F)F)(CCCCCC(F)(F)C(F)(F)C(F)(F)C(F)(F)C(F)(F)C(F)(F)C(F)(F)C(F)(F)F)CCC(F)(F)C(F)(F)C(F)(F)C(F)(F)C(F)(F)C(F)(F)C(F)(F)C(F)(F)F. The van der Waals surface area contributed by atoms with E-state index < -0.39 is 251 Å². The maximum absolute atomic E-state index is 15.4. The second-order valence-corrected chi connectivity index (χ2v) is 20.9. The Balaban J connectivity index is 8.06. The molecule has 0 aliphatic rings. The Morgan fingerprint density at radius 1 is 0.227 bits per heavy atom. The lowest BCUT2D eigenvalue weighted by atomic mass is 9.70. The number of esters is 1. The van der Waals surface area contributed by atoms with Crippen LogP contribution in [0.5, 0.6) is 0 Å². The summed E-state index contributed by atoms with van der Waals surface area (Å²) in [6, 6.07) is 0. The van der Waals surface area contributed by atoms with Gasteiger partial charge >= 0.3 is 149 Å². The van der Waals surface area contributed by atoms with Crippen LogP contribution in [-0.4, -0.2) is 155 Å². The topological polar surface area (TPSA) is 26.3 Å². The smallest absolute Gasteiger partial charge is 0.460 e. The van der Waals surface area contributed by atoms with Crippen LogP contribution >= 0.6 is 0 Å². The molecule has 0 aromatic rings. The third-order valence-corrected chi connectivity index (χ3v) is 14.1. The molecular formula is C44H35F51O2. The molecule has 0 unspecified atom stereocenters. The van der Waals surface area contributed by atoms with Gasteiger partial charge in [-0.15, -0.1) is 0 Å². The molecule has 0 aliphatic heterocycles. The summed E-state index contributed by atoms with van der Waals surface area (Å²) < 4.78 is 712. The number of ether oxygens (including phenoxy) is 1. The molecule has 0 aromatic carbocycles. The maximum Gasteiger partial charge on any atom is 0.460 e. The molecule has 0 rings (SSSR count). The van der Waals surface area contributed by atoms with Crippen molar-refractivity contribution < 1.29 is 233 Å². The van der Waals surface area contributed by atoms with Gasteiger partial charge in [-0.2, -0.15) is 224 Å². The average Bonchev–Trinajstić information content (AvgIpc) is 0.709. The molecule has 97 heavy (non-hydrogen) atoms. The quantitative estimate of drug-likeness (QED) is 0.0267. The van der Waals surface area contributed by atoms with Crippen LogP contribution in [0, 0.1) is 5.41 Å². The Morgan fingerprint density at radius 3 is 0.639 bits per heavy atom. The van der Waals surface area contributed by atoms with E-state index in [4.69, 9.17) is 0 Å². The third kappa shape index (κ3) is 15.0. The lowest BCUT2D eigenvalue weighted by molar-refractivity contribution is -0.462. The maximum atomic E-state index is 15.4. The average molecular weight is 1560 g/mol. The molecule has 0 aromatic heterocycles. The lowest BCUT2D eigenvalue weighted by Gasteiger charge is -2.43. The highest BCUT2D eigenvalue weighted by atomic mass is 19.5.